The summed E-state index contributed by atoms with van der Waals surface area (Å²) in [6.45, 7) is 4.30. The lowest BCUT2D eigenvalue weighted by molar-refractivity contribution is -0.870. The van der Waals surface area contributed by atoms with E-state index < -0.39 is 26.5 Å². The van der Waals surface area contributed by atoms with Gasteiger partial charge >= 0.3 is 19.8 Å². The third kappa shape index (κ3) is 56.5. The monoisotopic (exact) mass is 1030 g/mol. The molecule has 416 valence electrons. The number of rotatable bonds is 53. The number of ether oxygens (including phenoxy) is 2. The molecule has 0 aromatic rings. The average molecular weight is 1030 g/mol. The minimum Gasteiger partial charge on any atom is -0.462 e. The fraction of sp³-hybridized carbons (Fsp3) is 0.742. The minimum atomic E-state index is -4.40. The summed E-state index contributed by atoms with van der Waals surface area (Å²) in [4.78, 5) is 35.7. The quantitative estimate of drug-likeness (QED) is 0.0211. The van der Waals surface area contributed by atoms with Crippen molar-refractivity contribution in [1.82, 2.24) is 0 Å². The summed E-state index contributed by atoms with van der Waals surface area (Å²) in [5.74, 6) is -0.826. The Kier molecular flexibility index (Phi) is 51.0. The lowest BCUT2D eigenvalue weighted by atomic mass is 10.0. The second-order valence-electron chi connectivity index (χ2n) is 20.6. The predicted octanol–water partition coefficient (Wildman–Crippen LogP) is 18.3. The molecule has 10 heteroatoms. The zero-order valence-corrected chi connectivity index (χ0v) is 48.0. The largest absolute Gasteiger partial charge is 0.472 e. The van der Waals surface area contributed by atoms with Crippen molar-refractivity contribution in [3.8, 4) is 0 Å². The van der Waals surface area contributed by atoms with Crippen LogP contribution in [0.25, 0.3) is 0 Å². The summed E-state index contributed by atoms with van der Waals surface area (Å²) in [5, 5.41) is 0. The highest BCUT2D eigenvalue weighted by molar-refractivity contribution is 7.47. The third-order valence-electron chi connectivity index (χ3n) is 12.4. The molecular formula is C62H111NO8P+. The SMILES string of the molecule is CC/C=C\C/C=C\C/C=C\C/C=C\C/C=C\C/C=C\CCCCCCC(=O)OC(COC(=O)CCCCCCCCCCCCCCC/C=C\CCCCCCCCCC)COP(=O)(O)OCC[N+](C)(C)C. The van der Waals surface area contributed by atoms with Gasteiger partial charge in [0.1, 0.15) is 19.8 Å². The van der Waals surface area contributed by atoms with Gasteiger partial charge in [0.25, 0.3) is 0 Å². The van der Waals surface area contributed by atoms with Gasteiger partial charge in [-0.05, 0) is 89.9 Å². The van der Waals surface area contributed by atoms with E-state index in [-0.39, 0.29) is 32.0 Å². The van der Waals surface area contributed by atoms with Crippen LogP contribution in [0.4, 0.5) is 0 Å². The summed E-state index contributed by atoms with van der Waals surface area (Å²) < 4.78 is 34.5. The summed E-state index contributed by atoms with van der Waals surface area (Å²) >= 11 is 0. The maximum atomic E-state index is 12.8. The van der Waals surface area contributed by atoms with Crippen molar-refractivity contribution in [2.45, 2.75) is 251 Å². The van der Waals surface area contributed by atoms with Gasteiger partial charge in [0.2, 0.25) is 0 Å². The molecule has 0 aliphatic carbocycles. The Labute approximate surface area is 443 Å². The van der Waals surface area contributed by atoms with Crippen LogP contribution in [0.2, 0.25) is 0 Å². The number of phosphoric ester groups is 1. The van der Waals surface area contributed by atoms with E-state index in [0.717, 1.165) is 83.5 Å². The average Bonchev–Trinajstić information content (AvgIpc) is 3.34. The topological polar surface area (TPSA) is 108 Å². The van der Waals surface area contributed by atoms with E-state index >= 15 is 0 Å². The third-order valence-corrected chi connectivity index (χ3v) is 13.4. The maximum Gasteiger partial charge on any atom is 0.472 e. The first-order valence-electron chi connectivity index (χ1n) is 29.3. The Hall–Kier alpha value is -2.81. The van der Waals surface area contributed by atoms with E-state index in [4.69, 9.17) is 18.5 Å². The first-order valence-corrected chi connectivity index (χ1v) is 30.8. The highest BCUT2D eigenvalue weighted by Crippen LogP contribution is 2.43. The van der Waals surface area contributed by atoms with Crippen molar-refractivity contribution < 1.29 is 42.1 Å². The molecule has 2 atom stereocenters. The summed E-state index contributed by atoms with van der Waals surface area (Å²) in [6, 6.07) is 0. The van der Waals surface area contributed by atoms with Gasteiger partial charge in [0, 0.05) is 12.8 Å². The Morgan fingerprint density at radius 3 is 1.19 bits per heavy atom. The number of carbonyl (C=O) groups is 2. The number of allylic oxidation sites excluding steroid dienone is 14. The Morgan fingerprint density at radius 2 is 0.792 bits per heavy atom. The standard InChI is InChI=1S/C62H110NO8P/c1-6-8-10-12-14-16-18-20-22-24-26-28-30-31-33-34-36-38-40-42-44-46-48-50-52-54-61(64)68-58-60(59-70-72(66,67)69-57-56-63(3,4)5)71-62(65)55-53-51-49-47-45-43-41-39-37-35-32-29-27-25-23-21-19-17-15-13-11-9-7-2/h9,11,15,17,21,23-24,26-27,29,35,37,41,43,60H,6-8,10,12-14,16,18-20,22,25,28,30-34,36,38-40,42,44-59H2,1-5H3/p+1/b11-9-,17-15-,23-21-,26-24-,29-27-,37-35-,43-41-. The molecule has 0 heterocycles. The van der Waals surface area contributed by atoms with Crippen molar-refractivity contribution in [1.29, 1.82) is 0 Å². The van der Waals surface area contributed by atoms with Gasteiger partial charge in [-0.15, -0.1) is 0 Å². The van der Waals surface area contributed by atoms with Gasteiger partial charge in [-0.2, -0.15) is 0 Å². The highest BCUT2D eigenvalue weighted by Gasteiger charge is 2.27. The van der Waals surface area contributed by atoms with E-state index in [2.05, 4.69) is 98.9 Å². The number of hydrogen-bond acceptors (Lipinski definition) is 7. The van der Waals surface area contributed by atoms with Crippen molar-refractivity contribution in [3.05, 3.63) is 85.1 Å². The first-order chi connectivity index (χ1) is 35.0. The van der Waals surface area contributed by atoms with Crippen molar-refractivity contribution in [3.63, 3.8) is 0 Å². The van der Waals surface area contributed by atoms with Crippen LogP contribution in [0.5, 0.6) is 0 Å². The Bertz CT molecular complexity index is 1490. The van der Waals surface area contributed by atoms with E-state index in [1.54, 1.807) is 0 Å². The zero-order valence-electron chi connectivity index (χ0n) is 47.1. The molecule has 0 aromatic heterocycles. The van der Waals surface area contributed by atoms with Crippen LogP contribution < -0.4 is 0 Å². The van der Waals surface area contributed by atoms with Gasteiger partial charge in [-0.25, -0.2) is 4.57 Å². The molecule has 0 aromatic carbocycles. The molecule has 0 fully saturated rings. The molecular weight excluding hydrogens is 918 g/mol. The van der Waals surface area contributed by atoms with Crippen LogP contribution in [0.1, 0.15) is 245 Å². The van der Waals surface area contributed by atoms with Crippen LogP contribution in [0.15, 0.2) is 85.1 Å². The smallest absolute Gasteiger partial charge is 0.462 e. The van der Waals surface area contributed by atoms with Gasteiger partial charge in [0.05, 0.1) is 27.7 Å². The Morgan fingerprint density at radius 1 is 0.444 bits per heavy atom. The van der Waals surface area contributed by atoms with Crippen LogP contribution in [-0.2, 0) is 32.7 Å². The van der Waals surface area contributed by atoms with Crippen LogP contribution in [0.3, 0.4) is 0 Å². The van der Waals surface area contributed by atoms with Crippen LogP contribution in [-0.4, -0.2) is 74.9 Å². The summed E-state index contributed by atoms with van der Waals surface area (Å²) in [7, 11) is 1.45. The van der Waals surface area contributed by atoms with Crippen molar-refractivity contribution in [2.24, 2.45) is 0 Å². The zero-order chi connectivity index (χ0) is 52.7. The molecule has 1 N–H and O–H groups in total. The van der Waals surface area contributed by atoms with Gasteiger partial charge in [-0.1, -0.05) is 227 Å². The lowest BCUT2D eigenvalue weighted by Gasteiger charge is -2.24. The molecule has 0 aliphatic rings. The summed E-state index contributed by atoms with van der Waals surface area (Å²) in [6.07, 6.45) is 70.8. The fourth-order valence-corrected chi connectivity index (χ4v) is 8.64. The molecule has 0 bridgehead atoms. The molecule has 0 amide bonds. The number of quaternary nitrogens is 1. The molecule has 9 nitrogen and oxygen atoms in total. The molecule has 0 rings (SSSR count). The number of phosphoric acid groups is 1. The number of unbranched alkanes of at least 4 members (excludes halogenated alkanes) is 25. The normalized spacial score (nSPS) is 13.9. The second kappa shape index (κ2) is 53.0. The molecule has 0 saturated carbocycles. The highest BCUT2D eigenvalue weighted by atomic mass is 31.2. The van der Waals surface area contributed by atoms with Crippen LogP contribution in [0, 0.1) is 0 Å². The molecule has 2 unspecified atom stereocenters. The van der Waals surface area contributed by atoms with Gasteiger partial charge in [-0.3, -0.25) is 18.6 Å². The van der Waals surface area contributed by atoms with E-state index in [1.165, 1.54) is 128 Å². The molecule has 0 radical (unpaired) electrons. The van der Waals surface area contributed by atoms with Crippen molar-refractivity contribution in [2.75, 3.05) is 47.5 Å². The number of nitrogens with zero attached hydrogens (tertiary/aromatic N) is 1. The number of likely N-dealkylation sites (N-methyl/N-ethyl adjacent to an activating group) is 1. The van der Waals surface area contributed by atoms with E-state index in [1.807, 2.05) is 21.1 Å². The minimum absolute atomic E-state index is 0.0227. The van der Waals surface area contributed by atoms with Gasteiger partial charge < -0.3 is 18.9 Å². The lowest BCUT2D eigenvalue weighted by Crippen LogP contribution is -2.37. The Balaban J connectivity index is 4.22. The summed E-state index contributed by atoms with van der Waals surface area (Å²) in [5.41, 5.74) is 0. The van der Waals surface area contributed by atoms with Crippen molar-refractivity contribution >= 4 is 19.8 Å². The molecule has 0 aliphatic heterocycles. The second-order valence-corrected chi connectivity index (χ2v) is 22.1. The molecule has 72 heavy (non-hydrogen) atoms. The number of carbonyl (C=O) groups excluding carboxylic acids is 2. The van der Waals surface area contributed by atoms with Gasteiger partial charge in [0.15, 0.2) is 6.10 Å². The first kappa shape index (κ1) is 69.2. The molecule has 0 spiro atoms. The number of esters is 2. The van der Waals surface area contributed by atoms with E-state index in [0.29, 0.717) is 17.4 Å². The number of hydrogen-bond donors (Lipinski definition) is 1. The van der Waals surface area contributed by atoms with E-state index in [9.17, 15) is 19.0 Å². The predicted molar refractivity (Wildman–Crippen MR) is 307 cm³/mol. The van der Waals surface area contributed by atoms with Crippen LogP contribution >= 0.6 is 7.82 Å². The maximum absolute atomic E-state index is 12.8. The fourth-order valence-electron chi connectivity index (χ4n) is 7.90. The molecule has 0 saturated heterocycles.